The lowest BCUT2D eigenvalue weighted by molar-refractivity contribution is -0.423. The van der Waals surface area contributed by atoms with Gasteiger partial charge in [-0.05, 0) is 52.9 Å². The summed E-state index contributed by atoms with van der Waals surface area (Å²) in [7, 11) is 0. The van der Waals surface area contributed by atoms with Crippen molar-refractivity contribution in [2.75, 3.05) is 6.61 Å². The molecule has 0 aromatic carbocycles. The third-order valence-corrected chi connectivity index (χ3v) is 14.8. The molecule has 8 N–H and O–H groups in total. The lowest BCUT2D eigenvalue weighted by Crippen LogP contribution is -2.70. The summed E-state index contributed by atoms with van der Waals surface area (Å²) in [5, 5.41) is 89.5. The number of unbranched alkanes of at least 4 members (excludes halogenated alkanes) is 2. The molecule has 5 heterocycles. The zero-order valence-corrected chi connectivity index (χ0v) is 43.3. The van der Waals surface area contributed by atoms with Gasteiger partial charge in [0.1, 0.15) is 54.9 Å². The average Bonchev–Trinajstić information content (AvgIpc) is 3.35. The number of ether oxygens (including phenoxy) is 11. The topological polar surface area (TPSA) is 315 Å². The van der Waals surface area contributed by atoms with Gasteiger partial charge in [-0.1, -0.05) is 92.4 Å². The van der Waals surface area contributed by atoms with Crippen LogP contribution in [0.25, 0.3) is 0 Å². The zero-order chi connectivity index (χ0) is 53.0. The Labute approximate surface area is 423 Å². The van der Waals surface area contributed by atoms with E-state index in [1.807, 2.05) is 0 Å². The molecule has 5 fully saturated rings. The van der Waals surface area contributed by atoms with Crippen LogP contribution in [0.15, 0.2) is 0 Å². The van der Waals surface area contributed by atoms with Gasteiger partial charge >= 0.3 is 17.9 Å². The number of carbonyl (C=O) groups is 3. The second kappa shape index (κ2) is 28.2. The van der Waals surface area contributed by atoms with E-state index in [1.54, 1.807) is 27.7 Å². The fourth-order valence-electron chi connectivity index (χ4n) is 9.47. The van der Waals surface area contributed by atoms with Gasteiger partial charge in [-0.2, -0.15) is 0 Å². The molecule has 5 rings (SSSR count). The lowest BCUT2D eigenvalue weighted by atomic mass is 9.94. The molecular weight excluding hydrogens is 953 g/mol. The first-order valence-corrected chi connectivity index (χ1v) is 26.5. The Kier molecular flexibility index (Phi) is 23.8. The van der Waals surface area contributed by atoms with E-state index >= 15 is 0 Å². The van der Waals surface area contributed by atoms with Crippen LogP contribution in [0.1, 0.15) is 152 Å². The van der Waals surface area contributed by atoms with Crippen molar-refractivity contribution in [2.24, 2.45) is 11.8 Å². The highest BCUT2D eigenvalue weighted by Crippen LogP contribution is 2.40. The Morgan fingerprint density at radius 2 is 1.24 bits per heavy atom. The highest BCUT2D eigenvalue weighted by atomic mass is 16.8. The van der Waals surface area contributed by atoms with Crippen molar-refractivity contribution in [3.05, 3.63) is 0 Å². The number of carbonyl (C=O) groups excluding carboxylic acids is 3. The second-order valence-electron chi connectivity index (χ2n) is 20.4. The summed E-state index contributed by atoms with van der Waals surface area (Å²) in [6.45, 7) is 12.2. The van der Waals surface area contributed by atoms with Gasteiger partial charge in [-0.25, -0.2) is 0 Å². The van der Waals surface area contributed by atoms with Crippen LogP contribution in [-0.4, -0.2) is 194 Å². The summed E-state index contributed by atoms with van der Waals surface area (Å²) >= 11 is 0. The van der Waals surface area contributed by atoms with Crippen molar-refractivity contribution < 1.29 is 107 Å². The van der Waals surface area contributed by atoms with Crippen molar-refractivity contribution >= 4 is 17.9 Å². The summed E-state index contributed by atoms with van der Waals surface area (Å²) in [6.07, 6.45) is -22.2. The van der Waals surface area contributed by atoms with E-state index in [2.05, 4.69) is 6.92 Å². The quantitative estimate of drug-likeness (QED) is 0.0503. The first kappa shape index (κ1) is 60.6. The molecule has 0 spiro atoms. The minimum Gasteiger partial charge on any atom is -0.456 e. The summed E-state index contributed by atoms with van der Waals surface area (Å²) in [5.74, 6) is -6.59. The number of esters is 3. The van der Waals surface area contributed by atoms with Crippen molar-refractivity contribution in [3.8, 4) is 0 Å². The predicted molar refractivity (Wildman–Crippen MR) is 250 cm³/mol. The SMILES string of the molecule is CCCCC[C@H]1CCCCCCCCCC(=O)O[C@H]2[C@H](O)[C@@H](CO)OC(O[C@H]3[C@H](O1)O[C@H](C)C(O)(O)[C@@H]3O)[C@@H]2OC1O[C@@H](C)[C@H](OC(=O)C(C)CC)[C@@H](OC2O[C@@H](C)[C@H](O)[C@@H](O)[C@H]2O)[C@H]1OC(=O)C(C)CC. The Balaban J connectivity index is 1.64. The van der Waals surface area contributed by atoms with E-state index < -0.39 is 165 Å². The molecule has 0 amide bonds. The van der Waals surface area contributed by atoms with E-state index in [4.69, 9.17) is 52.1 Å². The molecule has 0 radical (unpaired) electrons. The van der Waals surface area contributed by atoms with Gasteiger partial charge in [0.2, 0.25) is 5.79 Å². The molecule has 2 bridgehead atoms. The summed E-state index contributed by atoms with van der Waals surface area (Å²) < 4.78 is 68.9. The monoisotopic (exact) mass is 1040 g/mol. The summed E-state index contributed by atoms with van der Waals surface area (Å²) in [5.41, 5.74) is 0. The van der Waals surface area contributed by atoms with Crippen LogP contribution in [0.5, 0.6) is 0 Å². The van der Waals surface area contributed by atoms with E-state index in [0.717, 1.165) is 51.4 Å². The molecular formula is C50H86O22. The van der Waals surface area contributed by atoms with Crippen LogP contribution in [0.3, 0.4) is 0 Å². The van der Waals surface area contributed by atoms with Gasteiger partial charge in [0.05, 0.1) is 36.8 Å². The molecule has 0 aromatic heterocycles. The van der Waals surface area contributed by atoms with Crippen molar-refractivity contribution in [2.45, 2.75) is 280 Å². The van der Waals surface area contributed by atoms with Crippen LogP contribution >= 0.6 is 0 Å². The van der Waals surface area contributed by atoms with Crippen molar-refractivity contribution in [3.63, 3.8) is 0 Å². The van der Waals surface area contributed by atoms with Gasteiger partial charge in [0, 0.05) is 6.42 Å². The van der Waals surface area contributed by atoms with Crippen LogP contribution in [0.2, 0.25) is 0 Å². The molecule has 5 aliphatic heterocycles. The molecule has 5 unspecified atom stereocenters. The van der Waals surface area contributed by atoms with Crippen LogP contribution in [0.4, 0.5) is 0 Å². The predicted octanol–water partition coefficient (Wildman–Crippen LogP) is 1.90. The first-order valence-electron chi connectivity index (χ1n) is 26.5. The maximum atomic E-state index is 14.0. The number of fused-ring (bicyclic) bond motifs is 3. The third-order valence-electron chi connectivity index (χ3n) is 14.8. The van der Waals surface area contributed by atoms with Gasteiger partial charge < -0.3 is 93.0 Å². The molecule has 0 aliphatic carbocycles. The summed E-state index contributed by atoms with van der Waals surface area (Å²) in [6, 6.07) is 0. The van der Waals surface area contributed by atoms with Crippen molar-refractivity contribution in [1.82, 2.24) is 0 Å². The van der Waals surface area contributed by atoms with Crippen LogP contribution in [-0.2, 0) is 66.5 Å². The Hall–Kier alpha value is -2.23. The highest BCUT2D eigenvalue weighted by molar-refractivity contribution is 5.73. The zero-order valence-electron chi connectivity index (χ0n) is 43.3. The molecule has 418 valence electrons. The van der Waals surface area contributed by atoms with E-state index in [1.165, 1.54) is 20.8 Å². The number of hydrogen-bond donors (Lipinski definition) is 8. The second-order valence-corrected chi connectivity index (χ2v) is 20.4. The average molecular weight is 1040 g/mol. The fourth-order valence-corrected chi connectivity index (χ4v) is 9.47. The number of rotatable bonds is 15. The van der Waals surface area contributed by atoms with Gasteiger partial charge in [-0.15, -0.1) is 0 Å². The van der Waals surface area contributed by atoms with Gasteiger partial charge in [0.15, 0.2) is 49.6 Å². The summed E-state index contributed by atoms with van der Waals surface area (Å²) in [4.78, 5) is 41.3. The first-order chi connectivity index (χ1) is 34.2. The molecule has 22 nitrogen and oxygen atoms in total. The lowest BCUT2D eigenvalue weighted by Gasteiger charge is -2.51. The number of hydrogen-bond acceptors (Lipinski definition) is 22. The number of aliphatic hydroxyl groups is 8. The highest BCUT2D eigenvalue weighted by Gasteiger charge is 2.60. The minimum atomic E-state index is -2.93. The maximum absolute atomic E-state index is 14.0. The molecule has 22 heteroatoms. The smallest absolute Gasteiger partial charge is 0.309 e. The molecule has 0 aromatic rings. The van der Waals surface area contributed by atoms with Gasteiger partial charge in [-0.3, -0.25) is 14.4 Å². The standard InChI is InChI=1S/C50H86O22/c1-9-12-18-21-30-22-19-16-14-13-15-17-20-23-32(52)67-38-34(54)31(24-51)66-48(72-42-43(57)50(60,61)29(8)64-49(42)65-30)40(38)71-47-41(69-45(59)26(5)11-3)39(37(28(7)63-47)68-44(58)25(4)10-2)70-46-36(56)35(55)33(53)27(6)62-46/h25-31,33-43,46-49,51,53-57,60-61H,9-24H2,1-8H3/t25?,26?,27-,28-,29+,30-,31+,33-,34+,35+,36+,37-,38-,39+,40+,41+,42+,43+,46?,47?,48?,49-/m0/s1. The molecule has 22 atom stereocenters. The maximum Gasteiger partial charge on any atom is 0.309 e. The van der Waals surface area contributed by atoms with Crippen LogP contribution in [0, 0.1) is 11.8 Å². The molecule has 5 saturated heterocycles. The van der Waals surface area contributed by atoms with E-state index in [0.29, 0.717) is 38.5 Å². The fraction of sp³-hybridized carbons (Fsp3) is 0.940. The van der Waals surface area contributed by atoms with E-state index in [-0.39, 0.29) is 6.42 Å². The molecule has 0 saturated carbocycles. The number of aliphatic hydroxyl groups excluding tert-OH is 6. The largest absolute Gasteiger partial charge is 0.456 e. The minimum absolute atomic E-state index is 0.0833. The Morgan fingerprint density at radius 3 is 1.86 bits per heavy atom. The van der Waals surface area contributed by atoms with Crippen LogP contribution < -0.4 is 0 Å². The molecule has 5 aliphatic rings. The third kappa shape index (κ3) is 15.2. The Bertz CT molecular complexity index is 1660. The normalized spacial score (nSPS) is 41.5. The van der Waals surface area contributed by atoms with Gasteiger partial charge in [0.25, 0.3) is 0 Å². The Morgan fingerprint density at radius 1 is 0.639 bits per heavy atom. The van der Waals surface area contributed by atoms with E-state index in [9.17, 15) is 55.2 Å². The molecule has 72 heavy (non-hydrogen) atoms. The van der Waals surface area contributed by atoms with Crippen molar-refractivity contribution in [1.29, 1.82) is 0 Å².